The van der Waals surface area contributed by atoms with Crippen LogP contribution in [-0.2, 0) is 11.3 Å². The number of morpholine rings is 1. The van der Waals surface area contributed by atoms with Crippen molar-refractivity contribution < 1.29 is 13.9 Å². The zero-order valence-electron chi connectivity index (χ0n) is 18.5. The average Bonchev–Trinajstić information content (AvgIpc) is 3.27. The number of anilines is 1. The predicted molar refractivity (Wildman–Crippen MR) is 133 cm³/mol. The molecule has 10 heteroatoms. The smallest absolute Gasteiger partial charge is 0.258 e. The molecule has 5 aromatic rings. The van der Waals surface area contributed by atoms with E-state index < -0.39 is 17.2 Å². The number of pyridine rings is 3. The largest absolute Gasteiger partial charge is 0.378 e. The Balaban J connectivity index is 1.57. The predicted octanol–water partition coefficient (Wildman–Crippen LogP) is 3.36. The summed E-state index contributed by atoms with van der Waals surface area (Å²) >= 11 is 1.33. The number of para-hydroxylation sites is 1. The van der Waals surface area contributed by atoms with Crippen molar-refractivity contribution in [2.24, 2.45) is 0 Å². The first kappa shape index (κ1) is 21.6. The van der Waals surface area contributed by atoms with Crippen LogP contribution in [0, 0.1) is 5.82 Å². The second-order valence-electron chi connectivity index (χ2n) is 8.18. The van der Waals surface area contributed by atoms with Crippen molar-refractivity contribution in [2.75, 3.05) is 31.2 Å². The highest BCUT2D eigenvalue weighted by Crippen LogP contribution is 2.32. The molecule has 0 bridgehead atoms. The maximum absolute atomic E-state index is 15.2. The maximum Gasteiger partial charge on any atom is 0.258 e. The van der Waals surface area contributed by atoms with E-state index >= 15 is 4.39 Å². The van der Waals surface area contributed by atoms with Crippen molar-refractivity contribution in [1.82, 2.24) is 19.7 Å². The van der Waals surface area contributed by atoms with E-state index in [0.717, 1.165) is 10.2 Å². The summed E-state index contributed by atoms with van der Waals surface area (Å²) in [6.07, 6.45) is 1.64. The Bertz CT molecular complexity index is 1640. The minimum absolute atomic E-state index is 0.0325. The fourth-order valence-corrected chi connectivity index (χ4v) is 5.54. The first-order valence-corrected chi connectivity index (χ1v) is 12.0. The van der Waals surface area contributed by atoms with E-state index in [9.17, 15) is 9.59 Å². The number of halogens is 1. The molecule has 1 fully saturated rings. The third kappa shape index (κ3) is 3.71. The molecule has 1 N–H and O–H groups in total. The fourth-order valence-electron chi connectivity index (χ4n) is 4.36. The number of thiazole rings is 1. The normalized spacial score (nSPS) is 14.1. The van der Waals surface area contributed by atoms with Crippen molar-refractivity contribution in [3.63, 3.8) is 0 Å². The number of amides is 1. The van der Waals surface area contributed by atoms with Crippen LogP contribution < -0.4 is 15.6 Å². The van der Waals surface area contributed by atoms with Crippen molar-refractivity contribution >= 4 is 49.1 Å². The van der Waals surface area contributed by atoms with E-state index in [1.807, 2.05) is 35.2 Å². The number of hydrogen-bond acceptors (Lipinski definition) is 7. The standard InChI is InChI=1S/C25H20FN5O3S/c26-17-13-16-21(32)20(24(33)28-14-15-5-3-4-8-27-15)25-31(18-6-1-2-7-19(18)35-25)22(16)29-23(17)30-9-11-34-12-10-30/h1-8,13H,9-12,14H2,(H,28,33). The molecule has 1 aliphatic heterocycles. The summed E-state index contributed by atoms with van der Waals surface area (Å²) in [7, 11) is 0. The van der Waals surface area contributed by atoms with E-state index in [1.54, 1.807) is 22.7 Å². The SMILES string of the molecule is O=C(NCc1ccccn1)c1c(=O)c2cc(F)c(N3CCOCC3)nc2n2c1sc1ccccc12. The molecular weight excluding hydrogens is 469 g/mol. The minimum atomic E-state index is -0.601. The molecular formula is C25H20FN5O3S. The molecule has 35 heavy (non-hydrogen) atoms. The van der Waals surface area contributed by atoms with Gasteiger partial charge in [0.05, 0.1) is 41.1 Å². The van der Waals surface area contributed by atoms with Gasteiger partial charge in [-0.1, -0.05) is 18.2 Å². The number of hydrogen-bond donors (Lipinski definition) is 1. The van der Waals surface area contributed by atoms with Crippen molar-refractivity contribution in [3.05, 3.63) is 82.0 Å². The molecule has 6 rings (SSSR count). The van der Waals surface area contributed by atoms with Gasteiger partial charge in [-0.05, 0) is 30.3 Å². The molecule has 0 radical (unpaired) electrons. The third-order valence-electron chi connectivity index (χ3n) is 6.04. The summed E-state index contributed by atoms with van der Waals surface area (Å²) in [5, 5.41) is 2.85. The van der Waals surface area contributed by atoms with Gasteiger partial charge in [0, 0.05) is 19.3 Å². The van der Waals surface area contributed by atoms with Crippen LogP contribution in [0.3, 0.4) is 0 Å². The summed E-state index contributed by atoms with van der Waals surface area (Å²) in [5.74, 6) is -0.961. The lowest BCUT2D eigenvalue weighted by Crippen LogP contribution is -2.37. The van der Waals surface area contributed by atoms with Gasteiger partial charge in [0.1, 0.15) is 10.4 Å². The molecule has 4 aromatic heterocycles. The van der Waals surface area contributed by atoms with E-state index in [4.69, 9.17) is 4.74 Å². The molecule has 1 aromatic carbocycles. The third-order valence-corrected chi connectivity index (χ3v) is 7.19. The van der Waals surface area contributed by atoms with Gasteiger partial charge < -0.3 is 15.0 Å². The Labute approximate surface area is 202 Å². The van der Waals surface area contributed by atoms with Crippen LogP contribution in [0.2, 0.25) is 0 Å². The van der Waals surface area contributed by atoms with E-state index in [2.05, 4.69) is 15.3 Å². The molecule has 0 saturated carbocycles. The van der Waals surface area contributed by atoms with Gasteiger partial charge in [-0.15, -0.1) is 11.3 Å². The lowest BCUT2D eigenvalue weighted by Gasteiger charge is -2.28. The summed E-state index contributed by atoms with van der Waals surface area (Å²) < 4.78 is 23.3. The molecule has 8 nitrogen and oxygen atoms in total. The molecule has 0 aliphatic carbocycles. The Kier molecular flexibility index (Phi) is 5.39. The number of nitrogens with zero attached hydrogens (tertiary/aromatic N) is 4. The number of ether oxygens (including phenoxy) is 1. The van der Waals surface area contributed by atoms with Crippen LogP contribution >= 0.6 is 11.3 Å². The second kappa shape index (κ2) is 8.71. The van der Waals surface area contributed by atoms with Crippen LogP contribution in [0.4, 0.5) is 10.2 Å². The van der Waals surface area contributed by atoms with Crippen LogP contribution in [0.25, 0.3) is 26.1 Å². The first-order chi connectivity index (χ1) is 17.1. The van der Waals surface area contributed by atoms with Crippen LogP contribution in [-0.4, -0.2) is 46.6 Å². The van der Waals surface area contributed by atoms with Gasteiger partial charge in [-0.25, -0.2) is 9.37 Å². The van der Waals surface area contributed by atoms with Crippen molar-refractivity contribution in [3.8, 4) is 0 Å². The number of fused-ring (bicyclic) bond motifs is 5. The quantitative estimate of drug-likeness (QED) is 0.417. The summed E-state index contributed by atoms with van der Waals surface area (Å²) in [6, 6.07) is 14.2. The monoisotopic (exact) mass is 489 g/mol. The average molecular weight is 490 g/mol. The minimum Gasteiger partial charge on any atom is -0.378 e. The number of carbonyl (C=O) groups excluding carboxylic acids is 1. The van der Waals surface area contributed by atoms with Crippen LogP contribution in [0.15, 0.2) is 59.5 Å². The topological polar surface area (TPSA) is 88.8 Å². The molecule has 176 valence electrons. The summed E-state index contributed by atoms with van der Waals surface area (Å²) in [5.41, 5.74) is 1.20. The van der Waals surface area contributed by atoms with Gasteiger partial charge in [-0.3, -0.25) is 19.0 Å². The Morgan fingerprint density at radius 1 is 1.14 bits per heavy atom. The van der Waals surface area contributed by atoms with Gasteiger partial charge in [0.2, 0.25) is 5.43 Å². The lowest BCUT2D eigenvalue weighted by atomic mass is 10.1. The van der Waals surface area contributed by atoms with E-state index in [1.165, 1.54) is 17.4 Å². The van der Waals surface area contributed by atoms with Gasteiger partial charge in [0.15, 0.2) is 17.3 Å². The molecule has 0 atom stereocenters. The molecule has 0 spiro atoms. The molecule has 1 amide bonds. The Hall–Kier alpha value is -3.89. The number of rotatable bonds is 4. The summed E-state index contributed by atoms with van der Waals surface area (Å²) in [4.78, 5) is 38.0. The Morgan fingerprint density at radius 2 is 1.94 bits per heavy atom. The molecule has 1 saturated heterocycles. The highest BCUT2D eigenvalue weighted by atomic mass is 32.1. The zero-order valence-corrected chi connectivity index (χ0v) is 19.3. The summed E-state index contributed by atoms with van der Waals surface area (Å²) in [6.45, 7) is 2.13. The van der Waals surface area contributed by atoms with Crippen LogP contribution in [0.1, 0.15) is 16.1 Å². The molecule has 0 unspecified atom stereocenters. The lowest BCUT2D eigenvalue weighted by molar-refractivity contribution is 0.0951. The van der Waals surface area contributed by atoms with Gasteiger partial charge in [-0.2, -0.15) is 0 Å². The van der Waals surface area contributed by atoms with Crippen molar-refractivity contribution in [1.29, 1.82) is 0 Å². The Morgan fingerprint density at radius 3 is 2.74 bits per heavy atom. The van der Waals surface area contributed by atoms with Crippen molar-refractivity contribution in [2.45, 2.75) is 6.54 Å². The number of carbonyl (C=O) groups is 1. The van der Waals surface area contributed by atoms with Crippen LogP contribution in [0.5, 0.6) is 0 Å². The van der Waals surface area contributed by atoms with Gasteiger partial charge >= 0.3 is 0 Å². The zero-order chi connectivity index (χ0) is 23.9. The fraction of sp³-hybridized carbons (Fsp3) is 0.200. The highest BCUT2D eigenvalue weighted by molar-refractivity contribution is 7.24. The number of aromatic nitrogens is 3. The first-order valence-electron chi connectivity index (χ1n) is 11.2. The van der Waals surface area contributed by atoms with E-state index in [-0.39, 0.29) is 23.3 Å². The molecule has 1 aliphatic rings. The molecule has 5 heterocycles. The number of nitrogens with one attached hydrogen (secondary N) is 1. The van der Waals surface area contributed by atoms with Gasteiger partial charge in [0.25, 0.3) is 5.91 Å². The maximum atomic E-state index is 15.2. The number of benzene rings is 1. The van der Waals surface area contributed by atoms with E-state index in [0.29, 0.717) is 42.5 Å². The second-order valence-corrected chi connectivity index (χ2v) is 9.21. The highest BCUT2D eigenvalue weighted by Gasteiger charge is 2.25.